The summed E-state index contributed by atoms with van der Waals surface area (Å²) in [5.41, 5.74) is 2.02. The van der Waals surface area contributed by atoms with Crippen molar-refractivity contribution in [3.63, 3.8) is 0 Å². The fourth-order valence-corrected chi connectivity index (χ4v) is 2.92. The Morgan fingerprint density at radius 3 is 2.58 bits per heavy atom. The average molecular weight is 356 g/mol. The summed E-state index contributed by atoms with van der Waals surface area (Å²) in [6.45, 7) is 0.769. The lowest BCUT2D eigenvalue weighted by Crippen LogP contribution is -2.35. The molecule has 2 aromatic carbocycles. The third kappa shape index (κ3) is 4.26. The molecule has 2 aromatic rings. The lowest BCUT2D eigenvalue weighted by Gasteiger charge is -2.25. The summed E-state index contributed by atoms with van der Waals surface area (Å²) in [7, 11) is 5.61. The van der Waals surface area contributed by atoms with Crippen molar-refractivity contribution in [1.82, 2.24) is 10.2 Å². The van der Waals surface area contributed by atoms with E-state index in [1.807, 2.05) is 56.6 Å². The number of hydrogen-bond acceptors (Lipinski definition) is 5. The maximum Gasteiger partial charge on any atom is 0.231 e. The van der Waals surface area contributed by atoms with E-state index in [9.17, 15) is 4.79 Å². The first kappa shape index (κ1) is 18.1. The molecule has 0 aromatic heterocycles. The molecule has 0 aliphatic carbocycles. The Morgan fingerprint density at radius 2 is 1.88 bits per heavy atom. The van der Waals surface area contributed by atoms with Gasteiger partial charge in [-0.3, -0.25) is 4.79 Å². The molecular formula is C20H24N2O4. The summed E-state index contributed by atoms with van der Waals surface area (Å²) in [4.78, 5) is 14.4. The number of fused-ring (bicyclic) bond motifs is 1. The topological polar surface area (TPSA) is 60.0 Å². The number of ether oxygens (including phenoxy) is 3. The summed E-state index contributed by atoms with van der Waals surface area (Å²) in [6.07, 6.45) is 0.339. The van der Waals surface area contributed by atoms with Crippen LogP contribution in [0.1, 0.15) is 17.2 Å². The van der Waals surface area contributed by atoms with Crippen molar-refractivity contribution in [3.05, 3.63) is 53.6 Å². The number of nitrogens with one attached hydrogen (secondary N) is 1. The highest BCUT2D eigenvalue weighted by molar-refractivity contribution is 5.78. The maximum atomic E-state index is 12.3. The number of rotatable bonds is 7. The van der Waals surface area contributed by atoms with E-state index in [0.717, 1.165) is 28.4 Å². The van der Waals surface area contributed by atoms with E-state index in [1.54, 1.807) is 7.11 Å². The van der Waals surface area contributed by atoms with Gasteiger partial charge in [0.25, 0.3) is 0 Å². The first-order chi connectivity index (χ1) is 12.6. The highest BCUT2D eigenvalue weighted by atomic mass is 16.7. The van der Waals surface area contributed by atoms with Gasteiger partial charge < -0.3 is 24.4 Å². The molecule has 0 spiro atoms. The second kappa shape index (κ2) is 8.10. The van der Waals surface area contributed by atoms with Gasteiger partial charge in [0.05, 0.1) is 19.6 Å². The van der Waals surface area contributed by atoms with E-state index in [0.29, 0.717) is 13.0 Å². The molecule has 1 atom stereocenters. The van der Waals surface area contributed by atoms with Crippen LogP contribution in [0.3, 0.4) is 0 Å². The van der Waals surface area contributed by atoms with Crippen LogP contribution >= 0.6 is 0 Å². The van der Waals surface area contributed by atoms with Gasteiger partial charge in [-0.05, 0) is 49.5 Å². The monoisotopic (exact) mass is 356 g/mol. The molecule has 0 bridgehead atoms. The van der Waals surface area contributed by atoms with Crippen LogP contribution in [-0.2, 0) is 11.2 Å². The van der Waals surface area contributed by atoms with Crippen LogP contribution in [0.2, 0.25) is 0 Å². The predicted molar refractivity (Wildman–Crippen MR) is 98.7 cm³/mol. The molecule has 6 heteroatoms. The van der Waals surface area contributed by atoms with E-state index in [-0.39, 0.29) is 18.7 Å². The van der Waals surface area contributed by atoms with E-state index in [4.69, 9.17) is 14.2 Å². The van der Waals surface area contributed by atoms with Gasteiger partial charge in [0, 0.05) is 6.54 Å². The second-order valence-electron chi connectivity index (χ2n) is 6.42. The summed E-state index contributed by atoms with van der Waals surface area (Å²) in [5, 5.41) is 3.02. The van der Waals surface area contributed by atoms with Crippen molar-refractivity contribution in [2.24, 2.45) is 0 Å². The fraction of sp³-hybridized carbons (Fsp3) is 0.350. The van der Waals surface area contributed by atoms with Gasteiger partial charge in [0.1, 0.15) is 5.75 Å². The largest absolute Gasteiger partial charge is 0.497 e. The number of amides is 1. The van der Waals surface area contributed by atoms with Gasteiger partial charge in [0.2, 0.25) is 12.7 Å². The first-order valence-corrected chi connectivity index (χ1v) is 8.52. The molecule has 6 nitrogen and oxygen atoms in total. The molecule has 26 heavy (non-hydrogen) atoms. The zero-order valence-corrected chi connectivity index (χ0v) is 15.3. The Bertz CT molecular complexity index is 759. The Hall–Kier alpha value is -2.73. The van der Waals surface area contributed by atoms with Gasteiger partial charge in [-0.15, -0.1) is 0 Å². The molecule has 0 fully saturated rings. The van der Waals surface area contributed by atoms with Gasteiger partial charge >= 0.3 is 0 Å². The number of likely N-dealkylation sites (N-methyl/N-ethyl adjacent to an activating group) is 1. The van der Waals surface area contributed by atoms with Gasteiger partial charge in [-0.2, -0.15) is 0 Å². The number of carbonyl (C=O) groups excluding carboxylic acids is 1. The number of carbonyl (C=O) groups is 1. The first-order valence-electron chi connectivity index (χ1n) is 8.52. The van der Waals surface area contributed by atoms with Crippen LogP contribution in [-0.4, -0.2) is 45.3 Å². The van der Waals surface area contributed by atoms with Crippen molar-refractivity contribution in [2.75, 3.05) is 34.5 Å². The highest BCUT2D eigenvalue weighted by Crippen LogP contribution is 2.34. The van der Waals surface area contributed by atoms with Crippen molar-refractivity contribution in [3.8, 4) is 17.2 Å². The lowest BCUT2D eigenvalue weighted by molar-refractivity contribution is -0.120. The van der Waals surface area contributed by atoms with E-state index >= 15 is 0 Å². The van der Waals surface area contributed by atoms with Crippen LogP contribution in [0.25, 0.3) is 0 Å². The minimum Gasteiger partial charge on any atom is -0.497 e. The Kier molecular flexibility index (Phi) is 5.63. The molecule has 3 rings (SSSR count). The minimum absolute atomic E-state index is 0.0113. The van der Waals surface area contributed by atoms with Crippen LogP contribution in [0.5, 0.6) is 17.2 Å². The van der Waals surface area contributed by atoms with Gasteiger partial charge in [-0.25, -0.2) is 0 Å². The summed E-state index contributed by atoms with van der Waals surface area (Å²) in [5.74, 6) is 2.28. The van der Waals surface area contributed by atoms with Crippen molar-refractivity contribution in [1.29, 1.82) is 0 Å². The molecule has 1 heterocycles. The third-order valence-electron chi connectivity index (χ3n) is 4.42. The fourth-order valence-electron chi connectivity index (χ4n) is 2.92. The Balaban J connectivity index is 1.60. The Labute approximate surface area is 153 Å². The van der Waals surface area contributed by atoms with E-state index in [1.165, 1.54) is 0 Å². The number of hydrogen-bond donors (Lipinski definition) is 1. The molecule has 1 unspecified atom stereocenters. The number of methoxy groups -OCH3 is 1. The highest BCUT2D eigenvalue weighted by Gasteiger charge is 2.20. The molecule has 138 valence electrons. The lowest BCUT2D eigenvalue weighted by atomic mass is 10.0. The quantitative estimate of drug-likeness (QED) is 0.825. The standard InChI is InChI=1S/C20H24N2O4/c1-22(2)17(15-6-9-18-19(11-15)26-13-25-18)12-21-20(23)10-14-4-7-16(24-3)8-5-14/h4-9,11,17H,10,12-13H2,1-3H3,(H,21,23). The molecule has 0 radical (unpaired) electrons. The summed E-state index contributed by atoms with van der Waals surface area (Å²) >= 11 is 0. The van der Waals surface area contributed by atoms with E-state index in [2.05, 4.69) is 10.2 Å². The van der Waals surface area contributed by atoms with Crippen molar-refractivity contribution >= 4 is 5.91 Å². The molecule has 1 aliphatic heterocycles. The normalized spacial score (nSPS) is 13.5. The molecule has 0 saturated carbocycles. The Morgan fingerprint density at radius 1 is 1.15 bits per heavy atom. The van der Waals surface area contributed by atoms with Crippen molar-refractivity contribution in [2.45, 2.75) is 12.5 Å². The molecule has 1 aliphatic rings. The van der Waals surface area contributed by atoms with Gasteiger partial charge in [-0.1, -0.05) is 18.2 Å². The maximum absolute atomic E-state index is 12.3. The van der Waals surface area contributed by atoms with Crippen LogP contribution in [0, 0.1) is 0 Å². The van der Waals surface area contributed by atoms with Crippen LogP contribution < -0.4 is 19.5 Å². The third-order valence-corrected chi connectivity index (χ3v) is 4.42. The summed E-state index contributed by atoms with van der Waals surface area (Å²) < 4.78 is 15.9. The van der Waals surface area contributed by atoms with Gasteiger partial charge in [0.15, 0.2) is 11.5 Å². The minimum atomic E-state index is -0.0113. The molecule has 1 N–H and O–H groups in total. The zero-order valence-electron chi connectivity index (χ0n) is 15.3. The zero-order chi connectivity index (χ0) is 18.5. The smallest absolute Gasteiger partial charge is 0.231 e. The number of nitrogens with zero attached hydrogens (tertiary/aromatic N) is 1. The summed E-state index contributed by atoms with van der Waals surface area (Å²) in [6, 6.07) is 13.5. The molecule has 1 amide bonds. The van der Waals surface area contributed by atoms with Crippen molar-refractivity contribution < 1.29 is 19.0 Å². The van der Waals surface area contributed by atoms with E-state index < -0.39 is 0 Å². The number of benzene rings is 2. The molecular weight excluding hydrogens is 332 g/mol. The SMILES string of the molecule is COc1ccc(CC(=O)NCC(c2ccc3c(c2)OCO3)N(C)C)cc1. The second-order valence-corrected chi connectivity index (χ2v) is 6.42. The predicted octanol–water partition coefficient (Wildman–Crippen LogP) is 2.39. The van der Waals surface area contributed by atoms with Crippen LogP contribution in [0.15, 0.2) is 42.5 Å². The average Bonchev–Trinajstić information content (AvgIpc) is 3.10. The molecule has 0 saturated heterocycles. The van der Waals surface area contributed by atoms with Crippen LogP contribution in [0.4, 0.5) is 0 Å².